The number of carbonyl (C=O) groups is 1. The molecular weight excluding hydrogens is 370 g/mol. The van der Waals surface area contributed by atoms with Crippen LogP contribution in [0.1, 0.15) is 26.5 Å². The van der Waals surface area contributed by atoms with Crippen molar-refractivity contribution in [2.45, 2.75) is 12.8 Å². The third-order valence-corrected chi connectivity index (χ3v) is 5.12. The van der Waals surface area contributed by atoms with Gasteiger partial charge >= 0.3 is 0 Å². The summed E-state index contributed by atoms with van der Waals surface area (Å²) in [6.45, 7) is 0.678. The van der Waals surface area contributed by atoms with Crippen LogP contribution in [-0.2, 0) is 6.42 Å². The second kappa shape index (κ2) is 8.35. The quantitative estimate of drug-likeness (QED) is 0.778. The minimum atomic E-state index is -0.0721. The maximum absolute atomic E-state index is 12.0. The molecule has 2 aromatic heterocycles. The van der Waals surface area contributed by atoms with Crippen LogP contribution < -0.4 is 5.32 Å². The highest BCUT2D eigenvalue weighted by molar-refractivity contribution is 9.11. The van der Waals surface area contributed by atoms with Gasteiger partial charge in [-0.3, -0.25) is 4.79 Å². The lowest BCUT2D eigenvalue weighted by atomic mass is 10.2. The molecule has 1 amide bonds. The second-order valence-corrected chi connectivity index (χ2v) is 7.65. The maximum atomic E-state index is 12.0. The van der Waals surface area contributed by atoms with Crippen LogP contribution in [0.15, 0.2) is 27.4 Å². The number of hydrogen-bond donors (Lipinski definition) is 2. The van der Waals surface area contributed by atoms with Gasteiger partial charge in [-0.1, -0.05) is 11.8 Å². The van der Waals surface area contributed by atoms with E-state index < -0.39 is 0 Å². The van der Waals surface area contributed by atoms with Gasteiger partial charge in [0.25, 0.3) is 5.91 Å². The van der Waals surface area contributed by atoms with Gasteiger partial charge in [-0.25, -0.2) is 0 Å². The molecule has 0 fully saturated rings. The summed E-state index contributed by atoms with van der Waals surface area (Å²) in [5.41, 5.74) is 0.639. The van der Waals surface area contributed by atoms with Crippen molar-refractivity contribution < 1.29 is 9.90 Å². The Balaban J connectivity index is 1.82. The fraction of sp³-hybridized carbons (Fsp3) is 0.267. The van der Waals surface area contributed by atoms with Crippen LogP contribution in [0.5, 0.6) is 0 Å². The summed E-state index contributed by atoms with van der Waals surface area (Å²) in [6, 6.07) is 5.85. The largest absolute Gasteiger partial charge is 0.395 e. The Morgan fingerprint density at radius 1 is 1.43 bits per heavy atom. The Kier molecular flexibility index (Phi) is 6.46. The third-order valence-electron chi connectivity index (χ3n) is 2.60. The predicted molar refractivity (Wildman–Crippen MR) is 91.0 cm³/mol. The number of carbonyl (C=O) groups excluding carboxylic acids is 1. The number of aliphatic hydroxyl groups excluding tert-OH is 1. The van der Waals surface area contributed by atoms with Crippen molar-refractivity contribution in [2.24, 2.45) is 0 Å². The molecule has 21 heavy (non-hydrogen) atoms. The van der Waals surface area contributed by atoms with Crippen molar-refractivity contribution in [1.29, 1.82) is 0 Å². The molecule has 0 aromatic carbocycles. The molecule has 0 aliphatic heterocycles. The highest BCUT2D eigenvalue weighted by atomic mass is 79.9. The Morgan fingerprint density at radius 2 is 2.29 bits per heavy atom. The smallest absolute Gasteiger partial charge is 0.252 e. The predicted octanol–water partition coefficient (Wildman–Crippen LogP) is 3.28. The number of amides is 1. The third kappa shape index (κ3) is 5.29. The molecule has 0 saturated heterocycles. The second-order valence-electron chi connectivity index (χ2n) is 4.19. The highest BCUT2D eigenvalue weighted by Crippen LogP contribution is 2.22. The first kappa shape index (κ1) is 16.2. The van der Waals surface area contributed by atoms with E-state index in [0.717, 1.165) is 15.1 Å². The van der Waals surface area contributed by atoms with Crippen molar-refractivity contribution in [3.63, 3.8) is 0 Å². The molecule has 2 rings (SSSR count). The zero-order chi connectivity index (χ0) is 15.1. The van der Waals surface area contributed by atoms with Crippen molar-refractivity contribution >= 4 is 44.5 Å². The molecule has 0 aliphatic rings. The molecule has 0 radical (unpaired) electrons. The summed E-state index contributed by atoms with van der Waals surface area (Å²) in [7, 11) is 0. The molecular formula is C15H14BrNO2S2. The molecule has 3 nitrogen and oxygen atoms in total. The van der Waals surface area contributed by atoms with Crippen molar-refractivity contribution in [3.8, 4) is 11.8 Å². The minimum Gasteiger partial charge on any atom is -0.395 e. The van der Waals surface area contributed by atoms with Crippen LogP contribution in [-0.4, -0.2) is 24.2 Å². The molecule has 0 bridgehead atoms. The first-order valence-corrected chi connectivity index (χ1v) is 8.88. The number of thiophene rings is 2. The zero-order valence-electron chi connectivity index (χ0n) is 11.2. The fourth-order valence-electron chi connectivity index (χ4n) is 1.61. The minimum absolute atomic E-state index is 0.0601. The molecule has 110 valence electrons. The van der Waals surface area contributed by atoms with Gasteiger partial charge in [0.2, 0.25) is 0 Å². The molecule has 2 heterocycles. The Morgan fingerprint density at radius 3 is 3.00 bits per heavy atom. The normalized spacial score (nSPS) is 10.0. The summed E-state index contributed by atoms with van der Waals surface area (Å²) >= 11 is 6.54. The van der Waals surface area contributed by atoms with Gasteiger partial charge in [-0.15, -0.1) is 22.7 Å². The Hall–Kier alpha value is -1.13. The average Bonchev–Trinajstić information content (AvgIpc) is 3.08. The maximum Gasteiger partial charge on any atom is 0.252 e. The topological polar surface area (TPSA) is 49.3 Å². The summed E-state index contributed by atoms with van der Waals surface area (Å²) in [5, 5.41) is 13.4. The highest BCUT2D eigenvalue weighted by Gasteiger charge is 2.07. The van der Waals surface area contributed by atoms with Crippen LogP contribution >= 0.6 is 38.6 Å². The van der Waals surface area contributed by atoms with Crippen molar-refractivity contribution in [3.05, 3.63) is 42.7 Å². The number of rotatable bonds is 5. The van der Waals surface area contributed by atoms with Gasteiger partial charge in [-0.2, -0.15) is 0 Å². The SMILES string of the molecule is O=C(NCCc1ccc(Br)s1)c1csc(C#CCCO)c1. The summed E-state index contributed by atoms with van der Waals surface area (Å²) in [6.07, 6.45) is 1.28. The van der Waals surface area contributed by atoms with E-state index in [0.29, 0.717) is 18.5 Å². The van der Waals surface area contributed by atoms with Gasteiger partial charge in [-0.05, 0) is 40.5 Å². The van der Waals surface area contributed by atoms with E-state index in [1.807, 2.05) is 6.07 Å². The standard InChI is InChI=1S/C15H14BrNO2S2/c16-14-5-4-12(21-14)6-7-17-15(19)11-9-13(20-10-11)3-1-2-8-18/h4-5,9-10,18H,2,6-8H2,(H,17,19). The van der Waals surface area contributed by atoms with Crippen LogP contribution in [0.3, 0.4) is 0 Å². The van der Waals surface area contributed by atoms with E-state index in [2.05, 4.69) is 39.2 Å². The molecule has 0 saturated carbocycles. The molecule has 0 spiro atoms. The van der Waals surface area contributed by atoms with E-state index in [4.69, 9.17) is 5.11 Å². The summed E-state index contributed by atoms with van der Waals surface area (Å²) in [5.74, 6) is 5.70. The monoisotopic (exact) mass is 383 g/mol. The molecule has 0 unspecified atom stereocenters. The lowest BCUT2D eigenvalue weighted by Gasteiger charge is -2.01. The van der Waals surface area contributed by atoms with Gasteiger partial charge < -0.3 is 10.4 Å². The van der Waals surface area contributed by atoms with E-state index in [1.54, 1.807) is 22.8 Å². The summed E-state index contributed by atoms with van der Waals surface area (Å²) < 4.78 is 1.10. The average molecular weight is 384 g/mol. The van der Waals surface area contributed by atoms with E-state index in [1.165, 1.54) is 16.2 Å². The lowest BCUT2D eigenvalue weighted by molar-refractivity contribution is 0.0954. The van der Waals surface area contributed by atoms with Crippen LogP contribution in [0.25, 0.3) is 0 Å². The molecule has 2 aromatic rings. The van der Waals surface area contributed by atoms with Gasteiger partial charge in [0, 0.05) is 23.2 Å². The van der Waals surface area contributed by atoms with Crippen molar-refractivity contribution in [2.75, 3.05) is 13.2 Å². The first-order chi connectivity index (χ1) is 10.2. The zero-order valence-corrected chi connectivity index (χ0v) is 14.4. The number of hydrogen-bond acceptors (Lipinski definition) is 4. The molecule has 2 N–H and O–H groups in total. The van der Waals surface area contributed by atoms with Crippen LogP contribution in [0.2, 0.25) is 0 Å². The molecule has 6 heteroatoms. The first-order valence-electron chi connectivity index (χ1n) is 6.39. The van der Waals surface area contributed by atoms with E-state index in [9.17, 15) is 4.79 Å². The van der Waals surface area contributed by atoms with E-state index >= 15 is 0 Å². The Bertz CT molecular complexity index is 667. The van der Waals surface area contributed by atoms with Gasteiger partial charge in [0.05, 0.1) is 20.8 Å². The number of nitrogens with one attached hydrogen (secondary N) is 1. The van der Waals surface area contributed by atoms with Gasteiger partial charge in [0.15, 0.2) is 0 Å². The van der Waals surface area contributed by atoms with Crippen molar-refractivity contribution in [1.82, 2.24) is 5.32 Å². The van der Waals surface area contributed by atoms with E-state index in [-0.39, 0.29) is 12.5 Å². The number of aliphatic hydroxyl groups is 1. The van der Waals surface area contributed by atoms with Crippen LogP contribution in [0.4, 0.5) is 0 Å². The molecule has 0 atom stereocenters. The fourth-order valence-corrected chi connectivity index (χ4v) is 3.85. The lowest BCUT2D eigenvalue weighted by Crippen LogP contribution is -2.24. The Labute approximate surface area is 140 Å². The van der Waals surface area contributed by atoms with Crippen LogP contribution in [0, 0.1) is 11.8 Å². The number of halogens is 1. The van der Waals surface area contributed by atoms with Gasteiger partial charge in [0.1, 0.15) is 0 Å². The summed E-state index contributed by atoms with van der Waals surface area (Å²) in [4.78, 5) is 14.1. The molecule has 0 aliphatic carbocycles.